The van der Waals surface area contributed by atoms with Gasteiger partial charge in [-0.25, -0.2) is 0 Å². The van der Waals surface area contributed by atoms with Crippen molar-refractivity contribution in [3.05, 3.63) is 18.0 Å². The van der Waals surface area contributed by atoms with Gasteiger partial charge < -0.3 is 10.2 Å². The molecule has 1 aliphatic heterocycles. The van der Waals surface area contributed by atoms with E-state index in [2.05, 4.69) is 29.2 Å². The van der Waals surface area contributed by atoms with Crippen LogP contribution in [0.15, 0.2) is 12.3 Å². The SMILES string of the molecule is CCN(CC)C(=O)[C@@H]1C[C@@H](NC(=O)c2ccnn2C)CN1CC(C)C. The number of aromatic nitrogens is 2. The van der Waals surface area contributed by atoms with E-state index in [0.29, 0.717) is 37.7 Å². The van der Waals surface area contributed by atoms with Crippen LogP contribution >= 0.6 is 0 Å². The van der Waals surface area contributed by atoms with E-state index in [1.807, 2.05) is 18.7 Å². The highest BCUT2D eigenvalue weighted by atomic mass is 16.2. The van der Waals surface area contributed by atoms with E-state index in [1.54, 1.807) is 24.0 Å². The van der Waals surface area contributed by atoms with E-state index in [-0.39, 0.29) is 23.9 Å². The normalized spacial score (nSPS) is 20.9. The van der Waals surface area contributed by atoms with Crippen molar-refractivity contribution >= 4 is 11.8 Å². The number of hydrogen-bond acceptors (Lipinski definition) is 4. The van der Waals surface area contributed by atoms with Gasteiger partial charge in [-0.1, -0.05) is 13.8 Å². The maximum Gasteiger partial charge on any atom is 0.269 e. The Morgan fingerprint density at radius 1 is 1.36 bits per heavy atom. The predicted molar refractivity (Wildman–Crippen MR) is 97.2 cm³/mol. The Balaban J connectivity index is 2.08. The Bertz CT molecular complexity index is 594. The number of carbonyl (C=O) groups excluding carboxylic acids is 2. The molecule has 7 heteroatoms. The largest absolute Gasteiger partial charge is 0.347 e. The monoisotopic (exact) mass is 349 g/mol. The van der Waals surface area contributed by atoms with Gasteiger partial charge in [0, 0.05) is 45.5 Å². The summed E-state index contributed by atoms with van der Waals surface area (Å²) in [4.78, 5) is 29.4. The van der Waals surface area contributed by atoms with Crippen LogP contribution in [0.1, 0.15) is 44.6 Å². The number of nitrogens with one attached hydrogen (secondary N) is 1. The number of likely N-dealkylation sites (N-methyl/N-ethyl adjacent to an activating group) is 1. The Labute approximate surface area is 150 Å². The van der Waals surface area contributed by atoms with Gasteiger partial charge in [0.15, 0.2) is 0 Å². The lowest BCUT2D eigenvalue weighted by Gasteiger charge is -2.29. The molecular weight excluding hydrogens is 318 g/mol. The summed E-state index contributed by atoms with van der Waals surface area (Å²) < 4.78 is 1.56. The van der Waals surface area contributed by atoms with Crippen molar-refractivity contribution in [2.45, 2.75) is 46.2 Å². The molecule has 0 aliphatic carbocycles. The van der Waals surface area contributed by atoms with E-state index in [4.69, 9.17) is 0 Å². The third-order valence-electron chi connectivity index (χ3n) is 4.75. The van der Waals surface area contributed by atoms with E-state index in [0.717, 1.165) is 6.54 Å². The average Bonchev–Trinajstić information content (AvgIpc) is 3.14. The first-order valence-electron chi connectivity index (χ1n) is 9.19. The molecule has 1 saturated heterocycles. The van der Waals surface area contributed by atoms with E-state index in [9.17, 15) is 9.59 Å². The van der Waals surface area contributed by atoms with Gasteiger partial charge in [0.25, 0.3) is 5.91 Å². The first kappa shape index (κ1) is 19.4. The Kier molecular flexibility index (Phi) is 6.58. The fourth-order valence-corrected chi connectivity index (χ4v) is 3.54. The van der Waals surface area contributed by atoms with Crippen LogP contribution in [0.3, 0.4) is 0 Å². The molecule has 1 aromatic heterocycles. The molecule has 25 heavy (non-hydrogen) atoms. The molecule has 0 saturated carbocycles. The number of hydrogen-bond donors (Lipinski definition) is 1. The van der Waals surface area contributed by atoms with Crippen molar-refractivity contribution in [1.29, 1.82) is 0 Å². The van der Waals surface area contributed by atoms with Crippen molar-refractivity contribution in [3.63, 3.8) is 0 Å². The summed E-state index contributed by atoms with van der Waals surface area (Å²) in [5, 5.41) is 7.11. The van der Waals surface area contributed by atoms with Gasteiger partial charge >= 0.3 is 0 Å². The molecule has 1 N–H and O–H groups in total. The van der Waals surface area contributed by atoms with Crippen LogP contribution in [0.5, 0.6) is 0 Å². The highest BCUT2D eigenvalue weighted by Crippen LogP contribution is 2.22. The number of amides is 2. The third kappa shape index (κ3) is 4.60. The van der Waals surface area contributed by atoms with Crippen LogP contribution in [0.2, 0.25) is 0 Å². The van der Waals surface area contributed by atoms with E-state index in [1.165, 1.54) is 0 Å². The second-order valence-corrected chi connectivity index (χ2v) is 7.12. The molecule has 0 spiro atoms. The molecule has 0 bridgehead atoms. The molecule has 7 nitrogen and oxygen atoms in total. The summed E-state index contributed by atoms with van der Waals surface area (Å²) in [5.74, 6) is 0.506. The lowest BCUT2D eigenvalue weighted by atomic mass is 10.1. The predicted octanol–water partition coefficient (Wildman–Crippen LogP) is 1.12. The zero-order valence-electron chi connectivity index (χ0n) is 16.0. The summed E-state index contributed by atoms with van der Waals surface area (Å²) in [6.45, 7) is 11.3. The lowest BCUT2D eigenvalue weighted by Crippen LogP contribution is -2.46. The van der Waals surface area contributed by atoms with Crippen molar-refractivity contribution < 1.29 is 9.59 Å². The maximum absolute atomic E-state index is 12.9. The molecule has 1 fully saturated rings. The zero-order chi connectivity index (χ0) is 18.6. The van der Waals surface area contributed by atoms with Crippen molar-refractivity contribution in [2.24, 2.45) is 13.0 Å². The van der Waals surface area contributed by atoms with Gasteiger partial charge in [0.2, 0.25) is 5.91 Å². The van der Waals surface area contributed by atoms with Crippen molar-refractivity contribution in [2.75, 3.05) is 26.2 Å². The highest BCUT2D eigenvalue weighted by Gasteiger charge is 2.39. The summed E-state index contributed by atoms with van der Waals surface area (Å²) in [5.41, 5.74) is 0.536. The molecule has 2 heterocycles. The number of rotatable bonds is 7. The first-order valence-corrected chi connectivity index (χ1v) is 9.19. The number of nitrogens with zero attached hydrogens (tertiary/aromatic N) is 4. The van der Waals surface area contributed by atoms with Gasteiger partial charge in [-0.2, -0.15) is 5.10 Å². The van der Waals surface area contributed by atoms with Gasteiger partial charge in [0.05, 0.1) is 6.04 Å². The summed E-state index contributed by atoms with van der Waals surface area (Å²) in [6, 6.07) is 1.53. The molecule has 2 atom stereocenters. The van der Waals surface area contributed by atoms with Crippen LogP contribution in [0.25, 0.3) is 0 Å². The van der Waals surface area contributed by atoms with Crippen LogP contribution < -0.4 is 5.32 Å². The zero-order valence-corrected chi connectivity index (χ0v) is 16.0. The van der Waals surface area contributed by atoms with Gasteiger partial charge in [0.1, 0.15) is 5.69 Å². The highest BCUT2D eigenvalue weighted by molar-refractivity contribution is 5.92. The van der Waals surface area contributed by atoms with E-state index >= 15 is 0 Å². The molecule has 2 rings (SSSR count). The lowest BCUT2D eigenvalue weighted by molar-refractivity contribution is -0.135. The summed E-state index contributed by atoms with van der Waals surface area (Å²) in [7, 11) is 1.75. The van der Waals surface area contributed by atoms with Crippen molar-refractivity contribution in [3.8, 4) is 0 Å². The Morgan fingerprint density at radius 2 is 2.04 bits per heavy atom. The minimum Gasteiger partial charge on any atom is -0.347 e. The fraction of sp³-hybridized carbons (Fsp3) is 0.722. The first-order chi connectivity index (χ1) is 11.9. The third-order valence-corrected chi connectivity index (χ3v) is 4.75. The van der Waals surface area contributed by atoms with Crippen LogP contribution in [-0.2, 0) is 11.8 Å². The molecular formula is C18H31N5O2. The summed E-state index contributed by atoms with van der Waals surface area (Å²) >= 11 is 0. The second-order valence-electron chi connectivity index (χ2n) is 7.12. The quantitative estimate of drug-likeness (QED) is 0.801. The molecule has 140 valence electrons. The van der Waals surface area contributed by atoms with Crippen LogP contribution in [0, 0.1) is 5.92 Å². The maximum atomic E-state index is 12.9. The molecule has 0 unspecified atom stereocenters. The molecule has 1 aliphatic rings. The standard InChI is InChI=1S/C18H31N5O2/c1-6-22(7-2)18(25)16-10-14(12-23(16)11-13(3)4)20-17(24)15-8-9-19-21(15)5/h8-9,13-14,16H,6-7,10-12H2,1-5H3,(H,20,24)/t14-,16+/m1/s1. The minimum absolute atomic E-state index is 0.0225. The van der Waals surface area contributed by atoms with Gasteiger partial charge in [-0.15, -0.1) is 0 Å². The Morgan fingerprint density at radius 3 is 2.56 bits per heavy atom. The topological polar surface area (TPSA) is 70.5 Å². The molecule has 1 aromatic rings. The molecule has 0 radical (unpaired) electrons. The van der Waals surface area contributed by atoms with Crippen LogP contribution in [0.4, 0.5) is 0 Å². The number of aryl methyl sites for hydroxylation is 1. The number of likely N-dealkylation sites (tertiary alicyclic amines) is 1. The number of carbonyl (C=O) groups is 2. The van der Waals surface area contributed by atoms with Gasteiger partial charge in [-0.05, 0) is 32.3 Å². The molecule has 2 amide bonds. The molecule has 0 aromatic carbocycles. The van der Waals surface area contributed by atoms with E-state index < -0.39 is 0 Å². The fourth-order valence-electron chi connectivity index (χ4n) is 3.54. The minimum atomic E-state index is -0.154. The second kappa shape index (κ2) is 8.47. The van der Waals surface area contributed by atoms with Crippen LogP contribution in [-0.4, -0.2) is 69.7 Å². The van der Waals surface area contributed by atoms with Crippen molar-refractivity contribution in [1.82, 2.24) is 24.9 Å². The smallest absolute Gasteiger partial charge is 0.269 e. The average molecular weight is 349 g/mol. The summed E-state index contributed by atoms with van der Waals surface area (Å²) in [6.07, 6.45) is 2.27. The van der Waals surface area contributed by atoms with Gasteiger partial charge in [-0.3, -0.25) is 19.2 Å². The Hall–Kier alpha value is -1.89.